The molecule has 1 amide bonds. The first kappa shape index (κ1) is 23.3. The number of hydrogen-bond acceptors (Lipinski definition) is 4. The van der Waals surface area contributed by atoms with E-state index in [1.807, 2.05) is 43.0 Å². The van der Waals surface area contributed by atoms with Crippen molar-refractivity contribution in [3.8, 4) is 0 Å². The van der Waals surface area contributed by atoms with E-state index in [4.69, 9.17) is 4.98 Å². The fraction of sp³-hybridized carbons (Fsp3) is 0.333. The lowest BCUT2D eigenvalue weighted by atomic mass is 9.99. The van der Waals surface area contributed by atoms with Crippen molar-refractivity contribution >= 4 is 33.4 Å². The zero-order valence-electron chi connectivity index (χ0n) is 20.7. The minimum Gasteiger partial charge on any atom is -0.381 e. The van der Waals surface area contributed by atoms with Crippen LogP contribution >= 0.6 is 0 Å². The minimum atomic E-state index is 0.0680. The van der Waals surface area contributed by atoms with Crippen molar-refractivity contribution in [3.63, 3.8) is 0 Å². The number of likely N-dealkylation sites (tertiary alicyclic amines) is 1. The summed E-state index contributed by atoms with van der Waals surface area (Å²) in [4.78, 5) is 22.8. The van der Waals surface area contributed by atoms with Crippen LogP contribution in [0.25, 0.3) is 21.8 Å². The number of carbonyl (C=O) groups is 1. The molecule has 1 aliphatic heterocycles. The van der Waals surface area contributed by atoms with Crippen LogP contribution in [-0.2, 0) is 6.54 Å². The van der Waals surface area contributed by atoms with Crippen molar-refractivity contribution in [2.75, 3.05) is 31.5 Å². The fourth-order valence-electron chi connectivity index (χ4n) is 5.23. The van der Waals surface area contributed by atoms with Gasteiger partial charge < -0.3 is 10.2 Å². The van der Waals surface area contributed by atoms with Crippen molar-refractivity contribution in [2.24, 2.45) is 0 Å². The maximum Gasteiger partial charge on any atom is 0.254 e. The van der Waals surface area contributed by atoms with Gasteiger partial charge in [0.1, 0.15) is 0 Å². The highest BCUT2D eigenvalue weighted by Crippen LogP contribution is 2.35. The summed E-state index contributed by atoms with van der Waals surface area (Å²) < 4.78 is 0. The van der Waals surface area contributed by atoms with E-state index in [2.05, 4.69) is 58.7 Å². The number of nitrogens with zero attached hydrogens (tertiary/aromatic N) is 3. The lowest BCUT2D eigenvalue weighted by Crippen LogP contribution is -2.38. The maximum atomic E-state index is 13.5. The van der Waals surface area contributed by atoms with E-state index in [0.29, 0.717) is 19.1 Å². The topological polar surface area (TPSA) is 48.5 Å². The summed E-state index contributed by atoms with van der Waals surface area (Å²) >= 11 is 0. The Labute approximate surface area is 207 Å². The van der Waals surface area contributed by atoms with Gasteiger partial charge in [-0.1, -0.05) is 54.6 Å². The van der Waals surface area contributed by atoms with Crippen LogP contribution in [0.2, 0.25) is 0 Å². The molecule has 0 radical (unpaired) electrons. The normalized spacial score (nSPS) is 14.9. The Morgan fingerprint density at radius 2 is 1.60 bits per heavy atom. The molecule has 0 aliphatic carbocycles. The molecule has 5 rings (SSSR count). The number of amides is 1. The number of nitrogens with one attached hydrogen (secondary N) is 1. The maximum absolute atomic E-state index is 13.5. The van der Waals surface area contributed by atoms with E-state index in [1.54, 1.807) is 0 Å². The number of carbonyl (C=O) groups excluding carboxylic acids is 1. The monoisotopic (exact) mass is 466 g/mol. The third-order valence-electron chi connectivity index (χ3n) is 7.17. The summed E-state index contributed by atoms with van der Waals surface area (Å²) in [6, 6.07) is 25.2. The lowest BCUT2D eigenvalue weighted by molar-refractivity contribution is 0.0775. The number of para-hydroxylation sites is 1. The van der Waals surface area contributed by atoms with Crippen LogP contribution in [0.4, 0.5) is 5.69 Å². The molecular formula is C30H34N4O. The van der Waals surface area contributed by atoms with Crippen molar-refractivity contribution in [3.05, 3.63) is 83.9 Å². The number of hydrogen-bond donors (Lipinski definition) is 1. The van der Waals surface area contributed by atoms with Crippen LogP contribution in [0.15, 0.2) is 72.8 Å². The van der Waals surface area contributed by atoms with Crippen LogP contribution in [0.5, 0.6) is 0 Å². The molecular weight excluding hydrogens is 432 g/mol. The Morgan fingerprint density at radius 3 is 2.34 bits per heavy atom. The molecule has 5 nitrogen and oxygen atoms in total. The SMILES string of the molecule is CCN(CC)C(=O)c1cccc2nc3ccccc3c(NC3CCN(Cc4ccccc4)CC3)c12. The average Bonchev–Trinajstić information content (AvgIpc) is 2.90. The van der Waals surface area contributed by atoms with Gasteiger partial charge in [0.2, 0.25) is 0 Å². The van der Waals surface area contributed by atoms with E-state index in [-0.39, 0.29) is 5.91 Å². The van der Waals surface area contributed by atoms with Crippen LogP contribution in [0.1, 0.15) is 42.6 Å². The van der Waals surface area contributed by atoms with E-state index in [0.717, 1.165) is 65.5 Å². The number of anilines is 1. The van der Waals surface area contributed by atoms with Gasteiger partial charge in [-0.25, -0.2) is 4.98 Å². The zero-order chi connectivity index (χ0) is 24.2. The Bertz CT molecular complexity index is 1310. The lowest BCUT2D eigenvalue weighted by Gasteiger charge is -2.33. The number of pyridine rings is 1. The predicted molar refractivity (Wildman–Crippen MR) is 145 cm³/mol. The summed E-state index contributed by atoms with van der Waals surface area (Å²) in [5.74, 6) is 0.0680. The van der Waals surface area contributed by atoms with Gasteiger partial charge in [0, 0.05) is 49.5 Å². The molecule has 2 heterocycles. The molecule has 0 saturated carbocycles. The van der Waals surface area contributed by atoms with Gasteiger partial charge >= 0.3 is 0 Å². The number of aromatic nitrogens is 1. The van der Waals surface area contributed by atoms with E-state index < -0.39 is 0 Å². The molecule has 0 spiro atoms. The van der Waals surface area contributed by atoms with E-state index in [1.165, 1.54) is 5.56 Å². The molecule has 0 unspecified atom stereocenters. The standard InChI is InChI=1S/C30H34N4O/c1-3-34(4-2)30(35)25-14-10-16-27-28(25)29(24-13-8-9-15-26(24)32-27)31-23-17-19-33(20-18-23)21-22-11-6-5-7-12-22/h5-16,23H,3-4,17-21H2,1-2H3,(H,31,32). The Hall–Kier alpha value is -3.44. The third-order valence-corrected chi connectivity index (χ3v) is 7.17. The molecule has 1 aliphatic rings. The molecule has 35 heavy (non-hydrogen) atoms. The first-order valence-electron chi connectivity index (χ1n) is 12.8. The second-order valence-corrected chi connectivity index (χ2v) is 9.36. The number of fused-ring (bicyclic) bond motifs is 2. The molecule has 180 valence electrons. The highest BCUT2D eigenvalue weighted by molar-refractivity contribution is 6.16. The van der Waals surface area contributed by atoms with Gasteiger partial charge in [0.05, 0.1) is 22.3 Å². The van der Waals surface area contributed by atoms with E-state index >= 15 is 0 Å². The van der Waals surface area contributed by atoms with Crippen LogP contribution in [0, 0.1) is 0 Å². The number of piperidine rings is 1. The smallest absolute Gasteiger partial charge is 0.254 e. The van der Waals surface area contributed by atoms with Crippen LogP contribution in [-0.4, -0.2) is 52.9 Å². The van der Waals surface area contributed by atoms with Gasteiger partial charge in [-0.2, -0.15) is 0 Å². The summed E-state index contributed by atoms with van der Waals surface area (Å²) in [5, 5.41) is 5.90. The number of rotatable bonds is 7. The average molecular weight is 467 g/mol. The molecule has 1 aromatic heterocycles. The second-order valence-electron chi connectivity index (χ2n) is 9.36. The first-order chi connectivity index (χ1) is 17.2. The molecule has 1 N–H and O–H groups in total. The first-order valence-corrected chi connectivity index (χ1v) is 12.8. The van der Waals surface area contributed by atoms with Crippen molar-refractivity contribution in [2.45, 2.75) is 39.3 Å². The van der Waals surface area contributed by atoms with Gasteiger partial charge in [-0.05, 0) is 50.5 Å². The molecule has 1 saturated heterocycles. The van der Waals surface area contributed by atoms with Crippen molar-refractivity contribution in [1.29, 1.82) is 0 Å². The Balaban J connectivity index is 1.47. The zero-order valence-corrected chi connectivity index (χ0v) is 20.7. The third kappa shape index (κ3) is 4.87. The van der Waals surface area contributed by atoms with Crippen LogP contribution < -0.4 is 5.32 Å². The molecule has 5 heteroatoms. The van der Waals surface area contributed by atoms with E-state index in [9.17, 15) is 4.79 Å². The van der Waals surface area contributed by atoms with Crippen molar-refractivity contribution in [1.82, 2.24) is 14.8 Å². The highest BCUT2D eigenvalue weighted by Gasteiger charge is 2.24. The summed E-state index contributed by atoms with van der Waals surface area (Å²) in [7, 11) is 0. The quantitative estimate of drug-likeness (QED) is 0.342. The molecule has 4 aromatic rings. The largest absolute Gasteiger partial charge is 0.381 e. The summed E-state index contributed by atoms with van der Waals surface area (Å²) in [5.41, 5.74) is 4.96. The second kappa shape index (κ2) is 10.4. The summed E-state index contributed by atoms with van der Waals surface area (Å²) in [6.45, 7) is 8.55. The molecule has 3 aromatic carbocycles. The molecule has 1 fully saturated rings. The van der Waals surface area contributed by atoms with Gasteiger partial charge in [-0.15, -0.1) is 0 Å². The molecule has 0 bridgehead atoms. The van der Waals surface area contributed by atoms with Gasteiger partial charge in [-0.3, -0.25) is 9.69 Å². The Morgan fingerprint density at radius 1 is 0.914 bits per heavy atom. The fourth-order valence-corrected chi connectivity index (χ4v) is 5.23. The van der Waals surface area contributed by atoms with Gasteiger partial charge in [0.15, 0.2) is 0 Å². The van der Waals surface area contributed by atoms with Crippen molar-refractivity contribution < 1.29 is 4.79 Å². The highest BCUT2D eigenvalue weighted by atomic mass is 16.2. The number of benzene rings is 3. The summed E-state index contributed by atoms with van der Waals surface area (Å²) in [6.07, 6.45) is 2.13. The van der Waals surface area contributed by atoms with Crippen LogP contribution in [0.3, 0.4) is 0 Å². The predicted octanol–water partition coefficient (Wildman–Crippen LogP) is 5.95. The minimum absolute atomic E-state index is 0.0680. The van der Waals surface area contributed by atoms with Gasteiger partial charge in [0.25, 0.3) is 5.91 Å². The Kier molecular flexibility index (Phi) is 6.96. The molecule has 0 atom stereocenters.